The largest absolute Gasteiger partial charge is 0.462 e. The lowest BCUT2D eigenvalue weighted by Crippen LogP contribution is -2.29. The molecule has 0 atom stereocenters. The molecule has 0 fully saturated rings. The summed E-state index contributed by atoms with van der Waals surface area (Å²) >= 11 is 6.45. The monoisotopic (exact) mass is 288 g/mol. The number of nitrogens with two attached hydrogens (primary N) is 1. The van der Waals surface area contributed by atoms with Gasteiger partial charge in [0.25, 0.3) is 0 Å². The molecule has 1 aromatic heterocycles. The second-order valence-electron chi connectivity index (χ2n) is 3.24. The number of anilines is 1. The zero-order valence-electron chi connectivity index (χ0n) is 10.5. The molecule has 0 spiro atoms. The fourth-order valence-electron chi connectivity index (χ4n) is 1.33. The number of ether oxygens (including phenoxy) is 1. The minimum Gasteiger partial charge on any atom is -0.462 e. The highest BCUT2D eigenvalue weighted by atomic mass is 32.2. The predicted octanol–water partition coefficient (Wildman–Crippen LogP) is 1.11. The van der Waals surface area contributed by atoms with Crippen molar-refractivity contribution in [2.75, 3.05) is 25.1 Å². The molecule has 0 radical (unpaired) electrons. The average Bonchev–Trinajstić information content (AvgIpc) is 2.67. The maximum atomic E-state index is 11.8. The van der Waals surface area contributed by atoms with Gasteiger partial charge in [0.2, 0.25) is 0 Å². The summed E-state index contributed by atoms with van der Waals surface area (Å²) < 4.78 is 6.30. The Morgan fingerprint density at radius 1 is 1.61 bits per heavy atom. The van der Waals surface area contributed by atoms with Gasteiger partial charge in [0.15, 0.2) is 5.11 Å². The number of thiocarbonyl (C=S) groups is 1. The molecule has 100 valence electrons. The second-order valence-corrected chi connectivity index (χ2v) is 4.42. The van der Waals surface area contributed by atoms with Gasteiger partial charge >= 0.3 is 5.97 Å². The number of hydrogen-bond acceptors (Lipinski definition) is 6. The molecule has 1 rings (SSSR count). The third-order valence-electron chi connectivity index (χ3n) is 2.08. The summed E-state index contributed by atoms with van der Waals surface area (Å²) in [5, 5.41) is 8.00. The van der Waals surface area contributed by atoms with Gasteiger partial charge in [-0.1, -0.05) is 0 Å². The number of nitrogens with one attached hydrogen (secondary N) is 1. The van der Waals surface area contributed by atoms with Crippen LogP contribution in [-0.2, 0) is 4.74 Å². The highest BCUT2D eigenvalue weighted by Gasteiger charge is 2.24. The predicted molar refractivity (Wildman–Crippen MR) is 76.0 cm³/mol. The summed E-state index contributed by atoms with van der Waals surface area (Å²) in [6, 6.07) is 0. The summed E-state index contributed by atoms with van der Waals surface area (Å²) in [6.45, 7) is 4.59. The molecule has 8 heteroatoms. The van der Waals surface area contributed by atoms with Crippen molar-refractivity contribution < 1.29 is 9.53 Å². The van der Waals surface area contributed by atoms with Gasteiger partial charge in [-0.15, -0.1) is 11.8 Å². The van der Waals surface area contributed by atoms with E-state index in [1.54, 1.807) is 6.92 Å². The van der Waals surface area contributed by atoms with Gasteiger partial charge in [0.1, 0.15) is 16.4 Å². The lowest BCUT2D eigenvalue weighted by Gasteiger charge is -2.06. The minimum atomic E-state index is -0.482. The van der Waals surface area contributed by atoms with Crippen LogP contribution in [0.15, 0.2) is 5.03 Å². The van der Waals surface area contributed by atoms with Crippen LogP contribution in [-0.4, -0.2) is 40.3 Å². The molecule has 0 aromatic carbocycles. The van der Waals surface area contributed by atoms with Crippen LogP contribution >= 0.6 is 24.0 Å². The quantitative estimate of drug-likeness (QED) is 0.488. The van der Waals surface area contributed by atoms with E-state index in [1.165, 1.54) is 16.4 Å². The van der Waals surface area contributed by atoms with Crippen LogP contribution in [0.25, 0.3) is 0 Å². The standard InChI is InChI=1S/C10H16N4O2S2/c1-4-12-10(17)14-7(11)6(8(13-14)18-3)9(15)16-5-2/h4-5,11H2,1-3H3,(H,12,17). The van der Waals surface area contributed by atoms with Crippen molar-refractivity contribution in [1.82, 2.24) is 15.1 Å². The van der Waals surface area contributed by atoms with Crippen LogP contribution in [0.4, 0.5) is 5.82 Å². The number of esters is 1. The van der Waals surface area contributed by atoms with Gasteiger partial charge in [0, 0.05) is 6.54 Å². The van der Waals surface area contributed by atoms with Gasteiger partial charge < -0.3 is 15.8 Å². The van der Waals surface area contributed by atoms with Crippen LogP contribution in [0.5, 0.6) is 0 Å². The zero-order valence-corrected chi connectivity index (χ0v) is 12.2. The molecular weight excluding hydrogens is 272 g/mol. The van der Waals surface area contributed by atoms with Crippen molar-refractivity contribution in [3.63, 3.8) is 0 Å². The van der Waals surface area contributed by atoms with E-state index in [0.29, 0.717) is 16.7 Å². The molecule has 6 nitrogen and oxygen atoms in total. The molecule has 0 unspecified atom stereocenters. The first-order valence-corrected chi connectivity index (χ1v) is 7.07. The van der Waals surface area contributed by atoms with E-state index < -0.39 is 5.97 Å². The number of nitrogen functional groups attached to an aromatic ring is 1. The Bertz CT molecular complexity index is 459. The molecular formula is C10H16N4O2S2. The molecule has 1 heterocycles. The first-order valence-electron chi connectivity index (χ1n) is 5.44. The maximum Gasteiger partial charge on any atom is 0.344 e. The van der Waals surface area contributed by atoms with Crippen LogP contribution in [0.1, 0.15) is 24.2 Å². The highest BCUT2D eigenvalue weighted by Crippen LogP contribution is 2.25. The summed E-state index contributed by atoms with van der Waals surface area (Å²) in [6.07, 6.45) is 1.81. The van der Waals surface area contributed by atoms with Crippen molar-refractivity contribution in [1.29, 1.82) is 0 Å². The van der Waals surface area contributed by atoms with E-state index >= 15 is 0 Å². The van der Waals surface area contributed by atoms with Crippen LogP contribution < -0.4 is 11.1 Å². The average molecular weight is 288 g/mol. The number of hydrogen-bond donors (Lipinski definition) is 2. The molecule has 3 N–H and O–H groups in total. The van der Waals surface area contributed by atoms with Gasteiger partial charge in [-0.25, -0.2) is 4.79 Å². The molecule has 0 aliphatic carbocycles. The molecule has 1 aromatic rings. The van der Waals surface area contributed by atoms with E-state index in [2.05, 4.69) is 10.4 Å². The van der Waals surface area contributed by atoms with Crippen molar-refractivity contribution in [2.24, 2.45) is 0 Å². The van der Waals surface area contributed by atoms with Crippen molar-refractivity contribution in [2.45, 2.75) is 18.9 Å². The Morgan fingerprint density at radius 3 is 2.78 bits per heavy atom. The molecule has 0 aliphatic heterocycles. The summed E-state index contributed by atoms with van der Waals surface area (Å²) in [5.74, 6) is -0.284. The Hall–Kier alpha value is -1.28. The Labute approximate surface area is 115 Å². The molecule has 0 saturated heterocycles. The maximum absolute atomic E-state index is 11.8. The molecule has 18 heavy (non-hydrogen) atoms. The SMILES string of the molecule is CCNC(=S)n1nc(SC)c(C(=O)OCC)c1N. The Kier molecular flexibility index (Phi) is 5.42. The smallest absolute Gasteiger partial charge is 0.344 e. The third kappa shape index (κ3) is 2.94. The first-order chi connectivity index (χ1) is 8.56. The number of thioether (sulfide) groups is 1. The van der Waals surface area contributed by atoms with E-state index in [9.17, 15) is 4.79 Å². The van der Waals surface area contributed by atoms with Crippen LogP contribution in [0.2, 0.25) is 0 Å². The van der Waals surface area contributed by atoms with Gasteiger partial charge in [-0.3, -0.25) is 0 Å². The number of carbonyl (C=O) groups excluding carboxylic acids is 1. The molecule has 0 amide bonds. The molecule has 0 bridgehead atoms. The van der Waals surface area contributed by atoms with Gasteiger partial charge in [0.05, 0.1) is 6.61 Å². The van der Waals surface area contributed by atoms with E-state index in [-0.39, 0.29) is 18.0 Å². The Balaban J connectivity index is 3.18. The number of nitrogens with zero attached hydrogens (tertiary/aromatic N) is 2. The summed E-state index contributed by atoms with van der Waals surface area (Å²) in [7, 11) is 0. The number of aromatic nitrogens is 2. The normalized spacial score (nSPS) is 10.2. The Morgan fingerprint density at radius 2 is 2.28 bits per heavy atom. The van der Waals surface area contributed by atoms with E-state index in [4.69, 9.17) is 22.7 Å². The number of carbonyl (C=O) groups is 1. The molecule has 0 saturated carbocycles. The topological polar surface area (TPSA) is 82.2 Å². The lowest BCUT2D eigenvalue weighted by molar-refractivity contribution is 0.0523. The first kappa shape index (κ1) is 14.8. The van der Waals surface area contributed by atoms with Crippen LogP contribution in [0.3, 0.4) is 0 Å². The highest BCUT2D eigenvalue weighted by molar-refractivity contribution is 7.98. The fraction of sp³-hybridized carbons (Fsp3) is 0.500. The third-order valence-corrected chi connectivity index (χ3v) is 3.07. The van der Waals surface area contributed by atoms with Crippen LogP contribution in [0, 0.1) is 0 Å². The van der Waals surface area contributed by atoms with Crippen molar-refractivity contribution in [3.8, 4) is 0 Å². The van der Waals surface area contributed by atoms with E-state index in [0.717, 1.165) is 0 Å². The minimum absolute atomic E-state index is 0.198. The van der Waals surface area contributed by atoms with Crippen molar-refractivity contribution in [3.05, 3.63) is 5.56 Å². The van der Waals surface area contributed by atoms with E-state index in [1.807, 2.05) is 13.2 Å². The van der Waals surface area contributed by atoms with Crippen molar-refractivity contribution >= 4 is 40.9 Å². The second kappa shape index (κ2) is 6.60. The summed E-state index contributed by atoms with van der Waals surface area (Å²) in [4.78, 5) is 11.8. The lowest BCUT2D eigenvalue weighted by atomic mass is 10.3. The summed E-state index contributed by atoms with van der Waals surface area (Å²) in [5.41, 5.74) is 6.17. The zero-order chi connectivity index (χ0) is 13.7. The number of rotatable bonds is 4. The van der Waals surface area contributed by atoms with Gasteiger partial charge in [-0.05, 0) is 32.3 Å². The molecule has 0 aliphatic rings. The van der Waals surface area contributed by atoms with Gasteiger partial charge in [-0.2, -0.15) is 9.78 Å². The fourth-order valence-corrected chi connectivity index (χ4v) is 2.17.